The Balaban J connectivity index is 1.99. The third-order valence-corrected chi connectivity index (χ3v) is 5.28. The van der Waals surface area contributed by atoms with Gasteiger partial charge in [-0.05, 0) is 36.4 Å². The molecule has 0 radical (unpaired) electrons. The highest BCUT2D eigenvalue weighted by atomic mass is 32.2. The number of rotatable bonds is 7. The molecule has 2 atom stereocenters. The molecule has 2 unspecified atom stereocenters. The Morgan fingerprint density at radius 3 is 2.67 bits per heavy atom. The Morgan fingerprint density at radius 2 is 1.95 bits per heavy atom. The van der Waals surface area contributed by atoms with E-state index in [0.717, 1.165) is 42.8 Å². The molecule has 0 amide bonds. The number of fused-ring (bicyclic) bond motifs is 1. The lowest BCUT2D eigenvalue weighted by Gasteiger charge is -2.19. The van der Waals surface area contributed by atoms with Crippen molar-refractivity contribution in [3.8, 4) is 11.5 Å². The lowest BCUT2D eigenvalue weighted by molar-refractivity contribution is 0.297. The molecule has 1 heterocycles. The molecule has 0 saturated carbocycles. The number of nitrogens with one attached hydrogen (secondary N) is 1. The second-order valence-electron chi connectivity index (χ2n) is 5.65. The first-order valence-corrected chi connectivity index (χ1v) is 9.04. The maximum absolute atomic E-state index is 5.78. The number of benzene rings is 1. The van der Waals surface area contributed by atoms with Crippen molar-refractivity contribution in [2.75, 3.05) is 31.8 Å². The summed E-state index contributed by atoms with van der Waals surface area (Å²) in [4.78, 5) is 0. The summed E-state index contributed by atoms with van der Waals surface area (Å²) in [6.07, 6.45) is 2.20. The predicted molar refractivity (Wildman–Crippen MR) is 90.6 cm³/mol. The fraction of sp³-hybridized carbons (Fsp3) is 0.647. The van der Waals surface area contributed by atoms with E-state index < -0.39 is 0 Å². The summed E-state index contributed by atoms with van der Waals surface area (Å²) in [6, 6.07) is 6.68. The van der Waals surface area contributed by atoms with E-state index in [4.69, 9.17) is 9.47 Å². The molecule has 0 bridgehead atoms. The maximum atomic E-state index is 5.78. The number of thioether (sulfide) groups is 1. The fourth-order valence-corrected chi connectivity index (χ4v) is 3.62. The summed E-state index contributed by atoms with van der Waals surface area (Å²) >= 11 is 2.02. The highest BCUT2D eigenvalue weighted by Gasteiger charge is 2.15. The van der Waals surface area contributed by atoms with Gasteiger partial charge in [0.05, 0.1) is 13.2 Å². The quantitative estimate of drug-likeness (QED) is 0.828. The van der Waals surface area contributed by atoms with Crippen LogP contribution in [0.4, 0.5) is 0 Å². The zero-order chi connectivity index (χ0) is 15.1. The van der Waals surface area contributed by atoms with Crippen molar-refractivity contribution < 1.29 is 9.47 Å². The second-order valence-corrected chi connectivity index (χ2v) is 6.72. The molecule has 1 aromatic carbocycles. The van der Waals surface area contributed by atoms with Crippen molar-refractivity contribution in [1.29, 1.82) is 0 Å². The maximum Gasteiger partial charge on any atom is 0.161 e. The molecule has 0 saturated heterocycles. The van der Waals surface area contributed by atoms with Crippen LogP contribution in [-0.4, -0.2) is 31.8 Å². The zero-order valence-electron chi connectivity index (χ0n) is 13.4. The number of hydrogen-bond donors (Lipinski definition) is 1. The highest BCUT2D eigenvalue weighted by Crippen LogP contribution is 2.33. The van der Waals surface area contributed by atoms with Gasteiger partial charge in [0.25, 0.3) is 0 Å². The minimum atomic E-state index is 0.358. The lowest BCUT2D eigenvalue weighted by Crippen LogP contribution is -2.19. The lowest BCUT2D eigenvalue weighted by atomic mass is 10.1. The van der Waals surface area contributed by atoms with Gasteiger partial charge in [0.15, 0.2) is 11.5 Å². The molecular formula is C17H27NO2S. The highest BCUT2D eigenvalue weighted by molar-refractivity contribution is 7.99. The van der Waals surface area contributed by atoms with Gasteiger partial charge < -0.3 is 14.8 Å². The van der Waals surface area contributed by atoms with Gasteiger partial charge in [-0.3, -0.25) is 0 Å². The van der Waals surface area contributed by atoms with Crippen LogP contribution in [-0.2, 0) is 0 Å². The SMILES string of the molecule is CCC(C)CSCC(NC)c1ccc2c(c1)OCCCO2. The molecule has 0 fully saturated rings. The average Bonchev–Trinajstić information content (AvgIpc) is 2.75. The van der Waals surface area contributed by atoms with Crippen LogP contribution in [0.5, 0.6) is 11.5 Å². The van der Waals surface area contributed by atoms with E-state index in [2.05, 4.69) is 31.3 Å². The zero-order valence-corrected chi connectivity index (χ0v) is 14.2. The number of hydrogen-bond acceptors (Lipinski definition) is 4. The molecule has 3 nitrogen and oxygen atoms in total. The van der Waals surface area contributed by atoms with Crippen molar-refractivity contribution in [2.24, 2.45) is 5.92 Å². The summed E-state index contributed by atoms with van der Waals surface area (Å²) in [5, 5.41) is 3.42. The van der Waals surface area contributed by atoms with Crippen LogP contribution in [0.15, 0.2) is 18.2 Å². The first-order chi connectivity index (χ1) is 10.2. The average molecular weight is 309 g/mol. The van der Waals surface area contributed by atoms with Gasteiger partial charge in [-0.1, -0.05) is 26.3 Å². The van der Waals surface area contributed by atoms with Gasteiger partial charge in [0.1, 0.15) is 0 Å². The van der Waals surface area contributed by atoms with Crippen LogP contribution < -0.4 is 14.8 Å². The van der Waals surface area contributed by atoms with Crippen molar-refractivity contribution in [2.45, 2.75) is 32.7 Å². The van der Waals surface area contributed by atoms with E-state index in [1.165, 1.54) is 17.7 Å². The van der Waals surface area contributed by atoms with Gasteiger partial charge in [0, 0.05) is 18.2 Å². The summed E-state index contributed by atoms with van der Waals surface area (Å²) in [6.45, 7) is 6.05. The Kier molecular flexibility index (Phi) is 6.71. The standard InChI is InChI=1S/C17H27NO2S/c1-4-13(2)11-21-12-15(18-3)14-6-7-16-17(10-14)20-9-5-8-19-16/h6-7,10,13,15,18H,4-5,8-9,11-12H2,1-3H3. The number of ether oxygens (including phenoxy) is 2. The third-order valence-electron chi connectivity index (χ3n) is 3.91. The van der Waals surface area contributed by atoms with E-state index in [9.17, 15) is 0 Å². The molecule has 4 heteroatoms. The Hall–Kier alpha value is -0.870. The smallest absolute Gasteiger partial charge is 0.161 e. The summed E-state index contributed by atoms with van der Waals surface area (Å²) in [7, 11) is 2.03. The summed E-state index contributed by atoms with van der Waals surface area (Å²) in [5.41, 5.74) is 1.28. The molecule has 21 heavy (non-hydrogen) atoms. The van der Waals surface area contributed by atoms with Gasteiger partial charge in [-0.2, -0.15) is 11.8 Å². The normalized spacial score (nSPS) is 17.1. The minimum absolute atomic E-state index is 0.358. The molecule has 0 spiro atoms. The van der Waals surface area contributed by atoms with E-state index in [0.29, 0.717) is 6.04 Å². The molecule has 1 N–H and O–H groups in total. The molecule has 1 aliphatic rings. The Bertz CT molecular complexity index is 439. The fourth-order valence-electron chi connectivity index (χ4n) is 2.25. The van der Waals surface area contributed by atoms with Crippen LogP contribution in [0.3, 0.4) is 0 Å². The molecule has 0 aromatic heterocycles. The van der Waals surface area contributed by atoms with Crippen molar-refractivity contribution in [3.63, 3.8) is 0 Å². The largest absolute Gasteiger partial charge is 0.490 e. The van der Waals surface area contributed by atoms with Crippen LogP contribution in [0.1, 0.15) is 38.3 Å². The van der Waals surface area contributed by atoms with Crippen LogP contribution in [0, 0.1) is 5.92 Å². The molecule has 1 aliphatic heterocycles. The minimum Gasteiger partial charge on any atom is -0.490 e. The van der Waals surface area contributed by atoms with Crippen LogP contribution in [0.2, 0.25) is 0 Å². The molecule has 0 aliphatic carbocycles. The monoisotopic (exact) mass is 309 g/mol. The molecule has 1 aromatic rings. The first-order valence-electron chi connectivity index (χ1n) is 7.89. The second kappa shape index (κ2) is 8.54. The van der Waals surface area contributed by atoms with Crippen LogP contribution in [0.25, 0.3) is 0 Å². The molecular weight excluding hydrogens is 282 g/mol. The van der Waals surface area contributed by atoms with E-state index in [-0.39, 0.29) is 0 Å². The van der Waals surface area contributed by atoms with Crippen molar-refractivity contribution in [3.05, 3.63) is 23.8 Å². The van der Waals surface area contributed by atoms with E-state index >= 15 is 0 Å². The summed E-state index contributed by atoms with van der Waals surface area (Å²) in [5.74, 6) is 4.85. The molecule has 2 rings (SSSR count). The van der Waals surface area contributed by atoms with Crippen molar-refractivity contribution >= 4 is 11.8 Å². The Morgan fingerprint density at radius 1 is 1.19 bits per heavy atom. The van der Waals surface area contributed by atoms with Crippen LogP contribution >= 0.6 is 11.8 Å². The van der Waals surface area contributed by atoms with Gasteiger partial charge >= 0.3 is 0 Å². The van der Waals surface area contributed by atoms with E-state index in [1.807, 2.05) is 24.9 Å². The first kappa shape index (κ1) is 16.5. The summed E-state index contributed by atoms with van der Waals surface area (Å²) < 4.78 is 11.5. The Labute approximate surface area is 132 Å². The van der Waals surface area contributed by atoms with Gasteiger partial charge in [0.2, 0.25) is 0 Å². The third kappa shape index (κ3) is 4.82. The predicted octanol–water partition coefficient (Wildman–Crippen LogP) is 3.89. The molecule has 118 valence electrons. The van der Waals surface area contributed by atoms with Crippen molar-refractivity contribution in [1.82, 2.24) is 5.32 Å². The van der Waals surface area contributed by atoms with Gasteiger partial charge in [-0.25, -0.2) is 0 Å². The van der Waals surface area contributed by atoms with Gasteiger partial charge in [-0.15, -0.1) is 0 Å². The topological polar surface area (TPSA) is 30.5 Å². The van der Waals surface area contributed by atoms with E-state index in [1.54, 1.807) is 0 Å².